The van der Waals surface area contributed by atoms with Crippen molar-refractivity contribution < 1.29 is 14.6 Å². The Morgan fingerprint density at radius 2 is 2.23 bits per heavy atom. The first-order valence-electron chi connectivity index (χ1n) is 9.61. The SMILES string of the molecule is Cc1cc(-c2cnc(NCc3cccc4c3CCO4)n3cc(C(=O)O)nc23)n(C)n1. The zero-order valence-corrected chi connectivity index (χ0v) is 16.6. The van der Waals surface area contributed by atoms with Crippen LogP contribution in [-0.4, -0.2) is 41.8 Å². The minimum absolute atomic E-state index is 0.0415. The van der Waals surface area contributed by atoms with E-state index in [4.69, 9.17) is 4.74 Å². The second kappa shape index (κ2) is 6.87. The van der Waals surface area contributed by atoms with Gasteiger partial charge in [0, 0.05) is 38.0 Å². The van der Waals surface area contributed by atoms with Crippen molar-refractivity contribution in [1.82, 2.24) is 24.1 Å². The summed E-state index contributed by atoms with van der Waals surface area (Å²) in [5.41, 5.74) is 5.18. The van der Waals surface area contributed by atoms with Gasteiger partial charge in [-0.3, -0.25) is 9.08 Å². The number of anilines is 1. The van der Waals surface area contributed by atoms with Crippen LogP contribution in [0.25, 0.3) is 16.9 Å². The van der Waals surface area contributed by atoms with E-state index in [1.807, 2.05) is 32.2 Å². The van der Waals surface area contributed by atoms with Gasteiger partial charge in [0.25, 0.3) is 0 Å². The highest BCUT2D eigenvalue weighted by molar-refractivity contribution is 5.88. The van der Waals surface area contributed by atoms with Gasteiger partial charge >= 0.3 is 5.97 Å². The molecule has 9 nitrogen and oxygen atoms in total. The maximum Gasteiger partial charge on any atom is 0.356 e. The zero-order valence-electron chi connectivity index (χ0n) is 16.6. The number of nitrogens with one attached hydrogen (secondary N) is 1. The lowest BCUT2D eigenvalue weighted by atomic mass is 10.1. The lowest BCUT2D eigenvalue weighted by Crippen LogP contribution is -2.08. The number of carboxylic acid groups (broad SMARTS) is 1. The molecule has 0 atom stereocenters. The summed E-state index contributed by atoms with van der Waals surface area (Å²) in [7, 11) is 1.84. The fourth-order valence-electron chi connectivity index (χ4n) is 3.89. The molecular weight excluding hydrogens is 384 g/mol. The van der Waals surface area contributed by atoms with Crippen LogP contribution >= 0.6 is 0 Å². The molecule has 0 radical (unpaired) electrons. The Bertz CT molecular complexity index is 1290. The number of carbonyl (C=O) groups is 1. The summed E-state index contributed by atoms with van der Waals surface area (Å²) in [6, 6.07) is 7.92. The molecule has 152 valence electrons. The second-order valence-corrected chi connectivity index (χ2v) is 7.26. The number of nitrogens with zero attached hydrogens (tertiary/aromatic N) is 5. The van der Waals surface area contributed by atoms with Crippen LogP contribution in [-0.2, 0) is 20.0 Å². The smallest absolute Gasteiger partial charge is 0.356 e. The molecule has 1 aliphatic heterocycles. The Labute approximate surface area is 172 Å². The molecule has 1 aromatic carbocycles. The molecule has 5 rings (SSSR count). The van der Waals surface area contributed by atoms with Crippen molar-refractivity contribution in [3.63, 3.8) is 0 Å². The molecule has 0 aliphatic carbocycles. The van der Waals surface area contributed by atoms with Crippen LogP contribution < -0.4 is 10.1 Å². The van der Waals surface area contributed by atoms with Crippen molar-refractivity contribution in [2.24, 2.45) is 7.05 Å². The number of ether oxygens (including phenoxy) is 1. The molecule has 3 aromatic heterocycles. The normalized spacial score (nSPS) is 12.7. The third-order valence-corrected chi connectivity index (χ3v) is 5.26. The van der Waals surface area contributed by atoms with E-state index in [1.165, 1.54) is 11.8 Å². The van der Waals surface area contributed by atoms with Crippen LogP contribution in [0.5, 0.6) is 5.75 Å². The number of aromatic nitrogens is 5. The highest BCUT2D eigenvalue weighted by Crippen LogP contribution is 2.29. The maximum atomic E-state index is 11.6. The van der Waals surface area contributed by atoms with E-state index in [9.17, 15) is 9.90 Å². The van der Waals surface area contributed by atoms with Crippen LogP contribution in [0.4, 0.5) is 5.95 Å². The average molecular weight is 404 g/mol. The van der Waals surface area contributed by atoms with Crippen molar-refractivity contribution in [3.8, 4) is 17.0 Å². The molecule has 0 saturated heterocycles. The Morgan fingerprint density at radius 3 is 3.00 bits per heavy atom. The highest BCUT2D eigenvalue weighted by Gasteiger charge is 2.19. The quantitative estimate of drug-likeness (QED) is 0.527. The molecular formula is C21H20N6O3. The van der Waals surface area contributed by atoms with Gasteiger partial charge in [0.05, 0.1) is 23.6 Å². The van der Waals surface area contributed by atoms with Gasteiger partial charge in [-0.1, -0.05) is 12.1 Å². The minimum Gasteiger partial charge on any atom is -0.493 e. The summed E-state index contributed by atoms with van der Waals surface area (Å²) in [6.07, 6.45) is 4.06. The molecule has 9 heteroatoms. The van der Waals surface area contributed by atoms with E-state index >= 15 is 0 Å². The first-order valence-corrected chi connectivity index (χ1v) is 9.61. The van der Waals surface area contributed by atoms with Gasteiger partial charge in [-0.15, -0.1) is 0 Å². The van der Waals surface area contributed by atoms with Crippen LogP contribution in [0.15, 0.2) is 36.7 Å². The van der Waals surface area contributed by atoms with E-state index in [0.717, 1.165) is 29.1 Å². The molecule has 0 unspecified atom stereocenters. The summed E-state index contributed by atoms with van der Waals surface area (Å²) in [4.78, 5) is 20.5. The summed E-state index contributed by atoms with van der Waals surface area (Å²) < 4.78 is 9.06. The second-order valence-electron chi connectivity index (χ2n) is 7.26. The van der Waals surface area contributed by atoms with Crippen molar-refractivity contribution in [1.29, 1.82) is 0 Å². The number of fused-ring (bicyclic) bond motifs is 2. The third kappa shape index (κ3) is 2.95. The topological polar surface area (TPSA) is 107 Å². The van der Waals surface area contributed by atoms with Crippen LogP contribution in [0, 0.1) is 6.92 Å². The van der Waals surface area contributed by atoms with Gasteiger partial charge in [0.1, 0.15) is 5.75 Å². The van der Waals surface area contributed by atoms with Crippen molar-refractivity contribution >= 4 is 17.6 Å². The molecule has 1 aliphatic rings. The van der Waals surface area contributed by atoms with E-state index in [2.05, 4.69) is 26.4 Å². The van der Waals surface area contributed by atoms with Crippen molar-refractivity contribution in [2.75, 3.05) is 11.9 Å². The highest BCUT2D eigenvalue weighted by atomic mass is 16.5. The minimum atomic E-state index is -1.09. The van der Waals surface area contributed by atoms with Gasteiger partial charge in [-0.05, 0) is 24.6 Å². The molecule has 4 aromatic rings. The summed E-state index contributed by atoms with van der Waals surface area (Å²) in [5, 5.41) is 17.2. The predicted molar refractivity (Wildman–Crippen MR) is 110 cm³/mol. The maximum absolute atomic E-state index is 11.6. The van der Waals surface area contributed by atoms with Crippen molar-refractivity contribution in [3.05, 3.63) is 59.2 Å². The van der Waals surface area contributed by atoms with E-state index in [1.54, 1.807) is 15.3 Å². The summed E-state index contributed by atoms with van der Waals surface area (Å²) in [6.45, 7) is 3.14. The Kier molecular flexibility index (Phi) is 4.16. The summed E-state index contributed by atoms with van der Waals surface area (Å²) >= 11 is 0. The molecule has 4 heterocycles. The van der Waals surface area contributed by atoms with Gasteiger partial charge in [-0.2, -0.15) is 5.10 Å². The lowest BCUT2D eigenvalue weighted by Gasteiger charge is -2.12. The predicted octanol–water partition coefficient (Wildman–Crippen LogP) is 2.68. The molecule has 30 heavy (non-hydrogen) atoms. The van der Waals surface area contributed by atoms with E-state index in [0.29, 0.717) is 30.3 Å². The van der Waals surface area contributed by atoms with E-state index in [-0.39, 0.29) is 5.69 Å². The molecule has 2 N–H and O–H groups in total. The number of benzene rings is 1. The number of rotatable bonds is 5. The van der Waals surface area contributed by atoms with Gasteiger partial charge in [-0.25, -0.2) is 14.8 Å². The zero-order chi connectivity index (χ0) is 20.8. The van der Waals surface area contributed by atoms with Gasteiger partial charge in [0.2, 0.25) is 5.95 Å². The standard InChI is InChI=1S/C21H20N6O3/c1-12-8-17(26(2)25-12)15-10-23-21(27-11-16(20(28)29)24-19(15)27)22-9-13-4-3-5-18-14(13)6-7-30-18/h3-5,8,10-11H,6-7,9H2,1-2H3,(H,22,23)(H,28,29). The first kappa shape index (κ1) is 18.2. The van der Waals surface area contributed by atoms with Crippen LogP contribution in [0.1, 0.15) is 27.3 Å². The number of aromatic carboxylic acids is 1. The van der Waals surface area contributed by atoms with E-state index < -0.39 is 5.97 Å². The lowest BCUT2D eigenvalue weighted by molar-refractivity contribution is 0.0691. The monoisotopic (exact) mass is 404 g/mol. The first-order chi connectivity index (χ1) is 14.5. The van der Waals surface area contributed by atoms with Crippen LogP contribution in [0.3, 0.4) is 0 Å². The molecule has 0 amide bonds. The molecule has 0 saturated carbocycles. The largest absolute Gasteiger partial charge is 0.493 e. The number of aryl methyl sites for hydroxylation is 2. The van der Waals surface area contributed by atoms with Gasteiger partial charge in [0.15, 0.2) is 11.3 Å². The average Bonchev–Trinajstić information content (AvgIpc) is 3.44. The van der Waals surface area contributed by atoms with Gasteiger partial charge < -0.3 is 15.2 Å². The molecule has 0 bridgehead atoms. The fourth-order valence-corrected chi connectivity index (χ4v) is 3.89. The Hall–Kier alpha value is -3.88. The third-order valence-electron chi connectivity index (χ3n) is 5.26. The number of hydrogen-bond donors (Lipinski definition) is 2. The Balaban J connectivity index is 1.56. The van der Waals surface area contributed by atoms with Crippen molar-refractivity contribution in [2.45, 2.75) is 19.9 Å². The van der Waals surface area contributed by atoms with Crippen LogP contribution in [0.2, 0.25) is 0 Å². The number of hydrogen-bond acceptors (Lipinski definition) is 6. The molecule has 0 fully saturated rings. The Morgan fingerprint density at radius 1 is 1.37 bits per heavy atom. The molecule has 0 spiro atoms. The fraction of sp³-hybridized carbons (Fsp3) is 0.238. The number of carboxylic acids is 1. The number of imidazole rings is 1. The summed E-state index contributed by atoms with van der Waals surface area (Å²) in [5.74, 6) is 0.351.